The number of ether oxygens (including phenoxy) is 1. The molecule has 0 saturated carbocycles. The molecule has 0 radical (unpaired) electrons. The van der Waals surface area contributed by atoms with Crippen molar-refractivity contribution in [3.63, 3.8) is 0 Å². The van der Waals surface area contributed by atoms with Crippen LogP contribution in [0.25, 0.3) is 22.2 Å². The fourth-order valence-corrected chi connectivity index (χ4v) is 2.90. The van der Waals surface area contributed by atoms with Crippen LogP contribution in [-0.2, 0) is 4.79 Å². The minimum absolute atomic E-state index is 0.151. The number of para-hydroxylation sites is 1. The molecule has 1 aromatic carbocycles. The molecule has 1 aliphatic heterocycles. The number of nitriles is 1. The first-order valence-electron chi connectivity index (χ1n) is 8.80. The lowest BCUT2D eigenvalue weighted by Gasteiger charge is -2.11. The molecule has 0 spiro atoms. The van der Waals surface area contributed by atoms with Crippen molar-refractivity contribution >= 4 is 16.9 Å². The minimum Gasteiger partial charge on any atom is -0.475 e. The van der Waals surface area contributed by atoms with E-state index in [-0.39, 0.29) is 6.10 Å². The predicted octanol–water partition coefficient (Wildman–Crippen LogP) is 2.87. The van der Waals surface area contributed by atoms with E-state index in [2.05, 4.69) is 26.3 Å². The molecular weight excluding hydrogens is 403 g/mol. The monoisotopic (exact) mass is 419 g/mol. The number of aliphatic carboxylic acids is 1. The molecule has 2 aromatic heterocycles. The second-order valence-electron chi connectivity index (χ2n) is 6.31. The molecule has 156 valence electrons. The van der Waals surface area contributed by atoms with Crippen LogP contribution in [0.5, 0.6) is 5.88 Å². The molecule has 3 aromatic rings. The predicted molar refractivity (Wildman–Crippen MR) is 99.6 cm³/mol. The minimum atomic E-state index is -5.08. The number of hydrogen-bond acceptors (Lipinski definition) is 6. The van der Waals surface area contributed by atoms with Gasteiger partial charge in [0.2, 0.25) is 5.88 Å². The van der Waals surface area contributed by atoms with Gasteiger partial charge >= 0.3 is 12.1 Å². The van der Waals surface area contributed by atoms with E-state index in [1.807, 2.05) is 24.3 Å². The summed E-state index contributed by atoms with van der Waals surface area (Å²) in [5.74, 6) is -2.24. The summed E-state index contributed by atoms with van der Waals surface area (Å²) in [6.07, 6.45) is -0.673. The summed E-state index contributed by atoms with van der Waals surface area (Å²) >= 11 is 0. The molecule has 0 aliphatic carbocycles. The highest BCUT2D eigenvalue weighted by Gasteiger charge is 2.38. The third-order valence-electron chi connectivity index (χ3n) is 4.25. The van der Waals surface area contributed by atoms with Crippen LogP contribution in [0.1, 0.15) is 12.1 Å². The largest absolute Gasteiger partial charge is 0.490 e. The molecule has 4 rings (SSSR count). The highest BCUT2D eigenvalue weighted by Crippen LogP contribution is 2.30. The number of rotatable bonds is 3. The van der Waals surface area contributed by atoms with E-state index in [0.717, 1.165) is 36.0 Å². The Morgan fingerprint density at radius 3 is 2.57 bits per heavy atom. The number of carboxylic acid groups (broad SMARTS) is 1. The number of alkyl halides is 3. The first-order valence-corrected chi connectivity index (χ1v) is 8.80. The van der Waals surface area contributed by atoms with Crippen LogP contribution in [0.15, 0.2) is 36.7 Å². The lowest BCUT2D eigenvalue weighted by molar-refractivity contribution is -0.192. The van der Waals surface area contributed by atoms with Gasteiger partial charge in [0.15, 0.2) is 0 Å². The number of fused-ring (bicyclic) bond motifs is 1. The Labute approximate surface area is 168 Å². The molecule has 3 N–H and O–H groups in total. The zero-order valence-electron chi connectivity index (χ0n) is 15.4. The molecule has 11 heteroatoms. The molecule has 0 amide bonds. The maximum absolute atomic E-state index is 10.6. The van der Waals surface area contributed by atoms with Crippen molar-refractivity contribution in [3.8, 4) is 23.2 Å². The van der Waals surface area contributed by atoms with Crippen molar-refractivity contribution in [2.45, 2.75) is 18.7 Å². The lowest BCUT2D eigenvalue weighted by Crippen LogP contribution is -2.21. The average molecular weight is 419 g/mol. The molecule has 0 bridgehead atoms. The second-order valence-corrected chi connectivity index (χ2v) is 6.31. The Morgan fingerprint density at radius 2 is 2.00 bits per heavy atom. The lowest BCUT2D eigenvalue weighted by atomic mass is 10.1. The Hall–Kier alpha value is -3.65. The molecule has 1 saturated heterocycles. The quantitative estimate of drug-likeness (QED) is 0.596. The zero-order valence-corrected chi connectivity index (χ0v) is 15.4. The summed E-state index contributed by atoms with van der Waals surface area (Å²) in [7, 11) is 0. The number of nitrogens with one attached hydrogen (secondary N) is 2. The topological polar surface area (TPSA) is 124 Å². The molecule has 8 nitrogen and oxygen atoms in total. The number of hydrogen-bond donors (Lipinski definition) is 3. The summed E-state index contributed by atoms with van der Waals surface area (Å²) in [5.41, 5.74) is 2.85. The number of carboxylic acids is 1. The van der Waals surface area contributed by atoms with Crippen LogP contribution in [0.4, 0.5) is 13.2 Å². The Balaban J connectivity index is 0.000000318. The standard InChI is InChI=1S/C17H15N5O.C2HF3O2/c18-7-14-17(12-3-1-2-4-13(12)22-14)15-9-21-16(10-20-15)23-11-5-6-19-8-11;3-2(4,5)1(6)7/h1-4,9-11,19,22H,5-6,8H2;(H,6,7). The van der Waals surface area contributed by atoms with E-state index in [1.54, 1.807) is 12.4 Å². The van der Waals surface area contributed by atoms with Gasteiger partial charge in [-0.2, -0.15) is 18.4 Å². The Bertz CT molecular complexity index is 1070. The van der Waals surface area contributed by atoms with Gasteiger partial charge in [0.25, 0.3) is 0 Å². The number of benzene rings is 1. The van der Waals surface area contributed by atoms with Gasteiger partial charge in [-0.3, -0.25) is 0 Å². The van der Waals surface area contributed by atoms with Crippen LogP contribution in [-0.4, -0.2) is 51.4 Å². The van der Waals surface area contributed by atoms with Crippen molar-refractivity contribution in [2.75, 3.05) is 13.1 Å². The molecule has 30 heavy (non-hydrogen) atoms. The summed E-state index contributed by atoms with van der Waals surface area (Å²) in [6.45, 7) is 1.81. The van der Waals surface area contributed by atoms with Gasteiger partial charge in [0.05, 0.1) is 18.1 Å². The molecular formula is C19H16F3N5O3. The normalized spacial score (nSPS) is 15.9. The first-order chi connectivity index (χ1) is 14.3. The molecule has 1 aliphatic rings. The second kappa shape index (κ2) is 8.79. The van der Waals surface area contributed by atoms with E-state index in [4.69, 9.17) is 14.6 Å². The fourth-order valence-electron chi connectivity index (χ4n) is 2.90. The van der Waals surface area contributed by atoms with Crippen LogP contribution >= 0.6 is 0 Å². The maximum Gasteiger partial charge on any atom is 0.490 e. The highest BCUT2D eigenvalue weighted by atomic mass is 19.4. The summed E-state index contributed by atoms with van der Waals surface area (Å²) < 4.78 is 37.5. The highest BCUT2D eigenvalue weighted by molar-refractivity contribution is 5.97. The van der Waals surface area contributed by atoms with Crippen molar-refractivity contribution in [2.24, 2.45) is 0 Å². The van der Waals surface area contributed by atoms with Gasteiger partial charge in [0, 0.05) is 23.0 Å². The molecule has 1 unspecified atom stereocenters. The molecule has 3 heterocycles. The third kappa shape index (κ3) is 4.84. The van der Waals surface area contributed by atoms with Crippen LogP contribution in [0.2, 0.25) is 0 Å². The Kier molecular flexibility index (Phi) is 6.17. The number of aromatic nitrogens is 3. The smallest absolute Gasteiger partial charge is 0.475 e. The summed E-state index contributed by atoms with van der Waals surface area (Å²) in [5, 5.41) is 20.7. The Morgan fingerprint density at radius 1 is 1.27 bits per heavy atom. The summed E-state index contributed by atoms with van der Waals surface area (Å²) in [6, 6.07) is 9.98. The molecule has 1 fully saturated rings. The van der Waals surface area contributed by atoms with Gasteiger partial charge in [0.1, 0.15) is 17.9 Å². The first kappa shape index (κ1) is 21.1. The van der Waals surface area contributed by atoms with Crippen molar-refractivity contribution in [1.29, 1.82) is 5.26 Å². The van der Waals surface area contributed by atoms with Gasteiger partial charge in [-0.1, -0.05) is 18.2 Å². The van der Waals surface area contributed by atoms with E-state index < -0.39 is 12.1 Å². The maximum atomic E-state index is 10.6. The zero-order chi connectivity index (χ0) is 21.7. The third-order valence-corrected chi connectivity index (χ3v) is 4.25. The van der Waals surface area contributed by atoms with Gasteiger partial charge in [-0.05, 0) is 19.0 Å². The number of aromatic amines is 1. The number of H-pyrrole nitrogens is 1. The van der Waals surface area contributed by atoms with Crippen LogP contribution in [0.3, 0.4) is 0 Å². The SMILES string of the molecule is N#Cc1[nH]c2ccccc2c1-c1cnc(OC2CCNC2)cn1.O=C(O)C(F)(F)F. The van der Waals surface area contributed by atoms with Gasteiger partial charge < -0.3 is 20.1 Å². The van der Waals surface area contributed by atoms with Gasteiger partial charge in [-0.25, -0.2) is 14.8 Å². The van der Waals surface area contributed by atoms with Gasteiger partial charge in [-0.15, -0.1) is 0 Å². The van der Waals surface area contributed by atoms with E-state index in [0.29, 0.717) is 17.3 Å². The van der Waals surface area contributed by atoms with Crippen LogP contribution in [0, 0.1) is 11.3 Å². The van der Waals surface area contributed by atoms with Crippen molar-refractivity contribution in [3.05, 3.63) is 42.4 Å². The van der Waals surface area contributed by atoms with E-state index in [1.165, 1.54) is 0 Å². The number of carbonyl (C=O) groups is 1. The van der Waals surface area contributed by atoms with Crippen LogP contribution < -0.4 is 10.1 Å². The average Bonchev–Trinajstić information content (AvgIpc) is 3.35. The number of halogens is 3. The van der Waals surface area contributed by atoms with E-state index in [9.17, 15) is 18.4 Å². The number of nitrogens with zero attached hydrogens (tertiary/aromatic N) is 3. The van der Waals surface area contributed by atoms with E-state index >= 15 is 0 Å². The van der Waals surface area contributed by atoms with Crippen molar-refractivity contribution in [1.82, 2.24) is 20.3 Å². The van der Waals surface area contributed by atoms with Crippen molar-refractivity contribution < 1.29 is 27.8 Å². The molecule has 1 atom stereocenters. The fraction of sp³-hybridized carbons (Fsp3) is 0.263. The summed E-state index contributed by atoms with van der Waals surface area (Å²) in [4.78, 5) is 20.8.